The number of nitrogens with one attached hydrogen (secondary N) is 1. The van der Waals surface area contributed by atoms with E-state index in [4.69, 9.17) is 11.6 Å². The van der Waals surface area contributed by atoms with Crippen LogP contribution in [0.3, 0.4) is 0 Å². The summed E-state index contributed by atoms with van der Waals surface area (Å²) in [5.41, 5.74) is 2.00. The molecule has 2 N–H and O–H groups in total. The topological polar surface area (TPSA) is 67.2 Å². The molecule has 24 heavy (non-hydrogen) atoms. The predicted molar refractivity (Wildman–Crippen MR) is 93.2 cm³/mol. The third kappa shape index (κ3) is 3.82. The van der Waals surface area contributed by atoms with Crippen molar-refractivity contribution in [3.63, 3.8) is 0 Å². The molecular weight excluding hydrogens is 326 g/mol. The van der Waals surface area contributed by atoms with E-state index in [2.05, 4.69) is 10.4 Å². The van der Waals surface area contributed by atoms with Crippen LogP contribution >= 0.6 is 11.6 Å². The first kappa shape index (κ1) is 16.2. The van der Waals surface area contributed by atoms with Crippen LogP contribution in [0.2, 0.25) is 5.02 Å². The van der Waals surface area contributed by atoms with Crippen LogP contribution in [0.1, 0.15) is 18.1 Å². The zero-order valence-corrected chi connectivity index (χ0v) is 13.5. The predicted octanol–water partition coefficient (Wildman–Crippen LogP) is 3.59. The fraction of sp³-hybridized carbons (Fsp3) is 0.111. The van der Waals surface area contributed by atoms with E-state index in [0.717, 1.165) is 5.69 Å². The summed E-state index contributed by atoms with van der Waals surface area (Å²) in [5.74, 6) is -0.283. The van der Waals surface area contributed by atoms with Crippen LogP contribution in [0.5, 0.6) is 0 Å². The normalized spacial score (nSPS) is 11.9. The summed E-state index contributed by atoms with van der Waals surface area (Å²) in [5, 5.41) is 17.4. The Morgan fingerprint density at radius 3 is 2.67 bits per heavy atom. The molecule has 0 saturated carbocycles. The van der Waals surface area contributed by atoms with Gasteiger partial charge < -0.3 is 10.4 Å². The van der Waals surface area contributed by atoms with E-state index >= 15 is 0 Å². The Morgan fingerprint density at radius 1 is 1.21 bits per heavy atom. The monoisotopic (exact) mass is 341 g/mol. The van der Waals surface area contributed by atoms with Crippen LogP contribution in [0.4, 0.5) is 5.69 Å². The summed E-state index contributed by atoms with van der Waals surface area (Å²) >= 11 is 6.24. The summed E-state index contributed by atoms with van der Waals surface area (Å²) in [4.78, 5) is 12.1. The molecule has 0 saturated heterocycles. The number of carbonyl (C=O) groups excluding carboxylic acids is 1. The van der Waals surface area contributed by atoms with Crippen molar-refractivity contribution >= 4 is 23.2 Å². The van der Waals surface area contributed by atoms with Gasteiger partial charge in [-0.05, 0) is 29.8 Å². The molecule has 1 heterocycles. The van der Waals surface area contributed by atoms with Gasteiger partial charge >= 0.3 is 0 Å². The minimum atomic E-state index is -0.843. The average Bonchev–Trinajstić information content (AvgIpc) is 3.10. The Kier molecular flexibility index (Phi) is 4.93. The van der Waals surface area contributed by atoms with Gasteiger partial charge in [-0.1, -0.05) is 41.9 Å². The molecule has 0 spiro atoms. The average molecular weight is 342 g/mol. The molecule has 0 aliphatic rings. The highest BCUT2D eigenvalue weighted by molar-refractivity contribution is 6.32. The number of hydrogen-bond donors (Lipinski definition) is 2. The van der Waals surface area contributed by atoms with Crippen LogP contribution in [0, 0.1) is 0 Å². The highest BCUT2D eigenvalue weighted by Crippen LogP contribution is 2.24. The van der Waals surface area contributed by atoms with Crippen LogP contribution in [-0.4, -0.2) is 20.8 Å². The number of benzene rings is 2. The molecule has 1 aromatic heterocycles. The van der Waals surface area contributed by atoms with E-state index < -0.39 is 6.10 Å². The van der Waals surface area contributed by atoms with Crippen LogP contribution in [0.25, 0.3) is 5.69 Å². The molecule has 0 fully saturated rings. The number of rotatable bonds is 5. The van der Waals surface area contributed by atoms with E-state index in [1.807, 2.05) is 18.2 Å². The summed E-state index contributed by atoms with van der Waals surface area (Å²) in [7, 11) is 0. The van der Waals surface area contributed by atoms with Crippen LogP contribution < -0.4 is 5.32 Å². The number of aromatic nitrogens is 2. The molecular formula is C18H16ClN3O2. The van der Waals surface area contributed by atoms with Crippen molar-refractivity contribution in [1.82, 2.24) is 9.78 Å². The van der Waals surface area contributed by atoms with Gasteiger partial charge in [-0.15, -0.1) is 0 Å². The van der Waals surface area contributed by atoms with Gasteiger partial charge in [0.25, 0.3) is 0 Å². The summed E-state index contributed by atoms with van der Waals surface area (Å²) in [6, 6.07) is 16.1. The van der Waals surface area contributed by atoms with Gasteiger partial charge in [0.2, 0.25) is 5.91 Å². The van der Waals surface area contributed by atoms with Gasteiger partial charge in [-0.2, -0.15) is 5.10 Å². The van der Waals surface area contributed by atoms with E-state index in [-0.39, 0.29) is 12.3 Å². The number of halogens is 1. The maximum atomic E-state index is 12.1. The number of nitrogens with zero attached hydrogens (tertiary/aromatic N) is 2. The van der Waals surface area contributed by atoms with Crippen LogP contribution in [0.15, 0.2) is 67.0 Å². The largest absolute Gasteiger partial charge is 0.388 e. The van der Waals surface area contributed by atoms with Gasteiger partial charge in [0.15, 0.2) is 0 Å². The van der Waals surface area contributed by atoms with Gasteiger partial charge in [0.1, 0.15) is 0 Å². The van der Waals surface area contributed by atoms with Crippen molar-refractivity contribution in [3.05, 3.63) is 77.6 Å². The minimum absolute atomic E-state index is 0.0253. The Labute approximate surface area is 144 Å². The lowest BCUT2D eigenvalue weighted by atomic mass is 10.1. The molecule has 2 aromatic carbocycles. The van der Waals surface area contributed by atoms with Gasteiger partial charge in [0.05, 0.1) is 23.2 Å². The number of aliphatic hydroxyl groups is 1. The van der Waals surface area contributed by atoms with Crippen LogP contribution in [-0.2, 0) is 4.79 Å². The highest BCUT2D eigenvalue weighted by Gasteiger charge is 2.13. The lowest BCUT2D eigenvalue weighted by molar-refractivity contribution is -0.118. The van der Waals surface area contributed by atoms with Crippen molar-refractivity contribution in [1.29, 1.82) is 0 Å². The van der Waals surface area contributed by atoms with Crippen molar-refractivity contribution in [3.8, 4) is 5.69 Å². The lowest BCUT2D eigenvalue weighted by Crippen LogP contribution is -2.15. The highest BCUT2D eigenvalue weighted by atomic mass is 35.5. The Balaban J connectivity index is 1.65. The number of amides is 1. The second-order valence-electron chi connectivity index (χ2n) is 5.30. The third-order valence-electron chi connectivity index (χ3n) is 3.55. The molecule has 0 aliphatic carbocycles. The number of hydrogen-bond acceptors (Lipinski definition) is 3. The molecule has 1 amide bonds. The third-order valence-corrected chi connectivity index (χ3v) is 3.85. The minimum Gasteiger partial charge on any atom is -0.388 e. The van der Waals surface area contributed by atoms with Crippen molar-refractivity contribution in [2.45, 2.75) is 12.5 Å². The first-order chi connectivity index (χ1) is 11.6. The quantitative estimate of drug-likeness (QED) is 0.745. The fourth-order valence-corrected chi connectivity index (χ4v) is 2.63. The van der Waals surface area contributed by atoms with Crippen molar-refractivity contribution in [2.24, 2.45) is 0 Å². The Hall–Kier alpha value is -2.63. The van der Waals surface area contributed by atoms with Crippen molar-refractivity contribution < 1.29 is 9.90 Å². The zero-order chi connectivity index (χ0) is 16.9. The number of aliphatic hydroxyl groups excluding tert-OH is 1. The maximum Gasteiger partial charge on any atom is 0.227 e. The molecule has 5 nitrogen and oxygen atoms in total. The maximum absolute atomic E-state index is 12.1. The molecule has 122 valence electrons. The van der Waals surface area contributed by atoms with E-state index in [0.29, 0.717) is 16.3 Å². The summed E-state index contributed by atoms with van der Waals surface area (Å²) < 4.78 is 1.65. The molecule has 1 unspecified atom stereocenters. The molecule has 0 aliphatic heterocycles. The zero-order valence-electron chi connectivity index (χ0n) is 12.8. The summed E-state index contributed by atoms with van der Waals surface area (Å²) in [6.45, 7) is 0. The molecule has 3 rings (SSSR count). The SMILES string of the molecule is O=C(CC(O)c1ccccc1)Nc1ccc(-n2cccn2)c(Cl)c1. The lowest BCUT2D eigenvalue weighted by Gasteiger charge is -2.12. The standard InChI is InChI=1S/C18H16ClN3O2/c19-15-11-14(7-8-16(15)22-10-4-9-20-22)21-18(24)12-17(23)13-5-2-1-3-6-13/h1-11,17,23H,12H2,(H,21,24). The van der Waals surface area contributed by atoms with Gasteiger partial charge in [-0.3, -0.25) is 4.79 Å². The Morgan fingerprint density at radius 2 is 2.00 bits per heavy atom. The van der Waals surface area contributed by atoms with Gasteiger partial charge in [-0.25, -0.2) is 4.68 Å². The van der Waals surface area contributed by atoms with E-state index in [9.17, 15) is 9.90 Å². The number of carbonyl (C=O) groups is 1. The second-order valence-corrected chi connectivity index (χ2v) is 5.70. The first-order valence-electron chi connectivity index (χ1n) is 7.46. The van der Waals surface area contributed by atoms with E-state index in [1.165, 1.54) is 0 Å². The van der Waals surface area contributed by atoms with Gasteiger partial charge in [0, 0.05) is 18.1 Å². The smallest absolute Gasteiger partial charge is 0.227 e. The first-order valence-corrected chi connectivity index (χ1v) is 7.84. The second kappa shape index (κ2) is 7.29. The van der Waals surface area contributed by atoms with E-state index in [1.54, 1.807) is 53.5 Å². The number of anilines is 1. The van der Waals surface area contributed by atoms with Crippen molar-refractivity contribution in [2.75, 3.05) is 5.32 Å². The molecule has 0 bridgehead atoms. The molecule has 3 aromatic rings. The Bertz CT molecular complexity index is 820. The molecule has 0 radical (unpaired) electrons. The molecule has 6 heteroatoms. The molecule has 1 atom stereocenters. The fourth-order valence-electron chi connectivity index (χ4n) is 2.36. The summed E-state index contributed by atoms with van der Waals surface area (Å²) in [6.07, 6.45) is 2.58.